The van der Waals surface area contributed by atoms with Crippen LogP contribution in [0.3, 0.4) is 0 Å². The van der Waals surface area contributed by atoms with Crippen molar-refractivity contribution in [3.8, 4) is 0 Å². The van der Waals surface area contributed by atoms with Crippen LogP contribution in [0.4, 0.5) is 0 Å². The van der Waals surface area contributed by atoms with E-state index in [0.29, 0.717) is 18.1 Å². The third-order valence-corrected chi connectivity index (χ3v) is 6.58. The monoisotopic (exact) mass is 357 g/mol. The molecule has 1 atom stereocenters. The Labute approximate surface area is 154 Å². The first kappa shape index (κ1) is 17.2. The Morgan fingerprint density at radius 1 is 1.28 bits per heavy atom. The highest BCUT2D eigenvalue weighted by atomic mass is 32.1. The number of piperidine rings is 1. The lowest BCUT2D eigenvalue weighted by Gasteiger charge is -2.58. The highest BCUT2D eigenvalue weighted by Gasteiger charge is 2.49. The van der Waals surface area contributed by atoms with Crippen LogP contribution in [0.1, 0.15) is 23.3 Å². The molecule has 2 fully saturated rings. The Hall–Kier alpha value is -1.27. The molecule has 0 unspecified atom stereocenters. The van der Waals surface area contributed by atoms with Crippen LogP contribution in [0.2, 0.25) is 0 Å². The summed E-state index contributed by atoms with van der Waals surface area (Å²) in [6.45, 7) is 6.27. The molecule has 0 radical (unpaired) electrons. The maximum absolute atomic E-state index is 6.01. The van der Waals surface area contributed by atoms with Crippen LogP contribution in [-0.2, 0) is 17.9 Å². The normalized spacial score (nSPS) is 23.6. The van der Waals surface area contributed by atoms with E-state index in [1.165, 1.54) is 42.9 Å². The molecule has 2 saturated heterocycles. The van der Waals surface area contributed by atoms with Gasteiger partial charge in [0, 0.05) is 49.1 Å². The summed E-state index contributed by atoms with van der Waals surface area (Å²) in [5.74, 6) is 0.682. The average Bonchev–Trinajstić information content (AvgIpc) is 3.10. The largest absolute Gasteiger partial charge is 0.376 e. The summed E-state index contributed by atoms with van der Waals surface area (Å²) in [7, 11) is 2.30. The van der Waals surface area contributed by atoms with Crippen LogP contribution in [0.15, 0.2) is 42.0 Å². The number of hydrogen-bond donors (Lipinski definition) is 0. The average molecular weight is 358 g/mol. The van der Waals surface area contributed by atoms with Crippen molar-refractivity contribution in [1.29, 1.82) is 0 Å². The molecule has 0 saturated carbocycles. The number of hydrogen-bond acceptors (Lipinski definition) is 5. The minimum absolute atomic E-state index is 0.375. The van der Waals surface area contributed by atoms with Crippen LogP contribution in [0, 0.1) is 5.92 Å². The van der Waals surface area contributed by atoms with E-state index in [9.17, 15) is 0 Å². The molecule has 4 heterocycles. The van der Waals surface area contributed by atoms with Crippen LogP contribution < -0.4 is 0 Å². The molecular formula is C20H27N3OS. The summed E-state index contributed by atoms with van der Waals surface area (Å²) in [5, 5.41) is 2.17. The predicted octanol–water partition coefficient (Wildman–Crippen LogP) is 3.26. The van der Waals surface area contributed by atoms with Crippen molar-refractivity contribution >= 4 is 11.3 Å². The molecule has 134 valence electrons. The highest BCUT2D eigenvalue weighted by molar-refractivity contribution is 7.09. The fourth-order valence-corrected chi connectivity index (χ4v) is 5.01. The number of rotatable bonds is 6. The van der Waals surface area contributed by atoms with Gasteiger partial charge >= 0.3 is 0 Å². The number of nitrogens with zero attached hydrogens (tertiary/aromatic N) is 3. The number of thiophene rings is 1. The van der Waals surface area contributed by atoms with Gasteiger partial charge in [0.05, 0.1) is 6.61 Å². The molecule has 0 amide bonds. The molecule has 2 aromatic rings. The van der Waals surface area contributed by atoms with E-state index >= 15 is 0 Å². The van der Waals surface area contributed by atoms with Crippen LogP contribution >= 0.6 is 11.3 Å². The van der Waals surface area contributed by atoms with Crippen molar-refractivity contribution in [3.05, 3.63) is 52.5 Å². The zero-order chi connectivity index (χ0) is 17.1. The predicted molar refractivity (Wildman–Crippen MR) is 102 cm³/mol. The van der Waals surface area contributed by atoms with E-state index in [4.69, 9.17) is 4.74 Å². The van der Waals surface area contributed by atoms with Gasteiger partial charge in [0.1, 0.15) is 0 Å². The quantitative estimate of drug-likeness (QED) is 0.793. The second-order valence-corrected chi connectivity index (χ2v) is 8.63. The number of ether oxygens (including phenoxy) is 1. The lowest BCUT2D eigenvalue weighted by Crippen LogP contribution is -2.71. The van der Waals surface area contributed by atoms with Gasteiger partial charge in [-0.15, -0.1) is 11.3 Å². The summed E-state index contributed by atoms with van der Waals surface area (Å²) < 4.78 is 6.01. The Morgan fingerprint density at radius 2 is 2.12 bits per heavy atom. The van der Waals surface area contributed by atoms with Crippen molar-refractivity contribution in [2.45, 2.75) is 31.5 Å². The molecule has 4 nitrogen and oxygen atoms in total. The van der Waals surface area contributed by atoms with Crippen molar-refractivity contribution in [3.63, 3.8) is 0 Å². The molecule has 2 aliphatic heterocycles. The maximum Gasteiger partial charge on any atom is 0.0718 e. The maximum atomic E-state index is 6.01. The second kappa shape index (κ2) is 7.54. The van der Waals surface area contributed by atoms with E-state index < -0.39 is 0 Å². The first-order chi connectivity index (χ1) is 12.2. The summed E-state index contributed by atoms with van der Waals surface area (Å²) >= 11 is 1.87. The first-order valence-corrected chi connectivity index (χ1v) is 10.0. The molecule has 0 aromatic carbocycles. The van der Waals surface area contributed by atoms with Gasteiger partial charge in [-0.05, 0) is 61.5 Å². The fraction of sp³-hybridized carbons (Fsp3) is 0.550. The standard InChI is InChI=1S/C20H27N3OS/c1-22-9-6-18(14-24-13-17-4-7-21-8-5-17)11-20(22)15-23(16-20)12-19-3-2-10-25-19/h2-5,7-8,10,18H,6,9,11-16H2,1H3/t18-/m1/s1. The lowest BCUT2D eigenvalue weighted by molar-refractivity contribution is -0.0932. The van der Waals surface area contributed by atoms with Crippen LogP contribution in [0.25, 0.3) is 0 Å². The number of likely N-dealkylation sites (N-methyl/N-ethyl adjacent to an activating group) is 1. The second-order valence-electron chi connectivity index (χ2n) is 7.60. The van der Waals surface area contributed by atoms with E-state index in [1.807, 2.05) is 35.9 Å². The number of pyridine rings is 1. The molecule has 2 aromatic heterocycles. The molecule has 4 rings (SSSR count). The molecule has 25 heavy (non-hydrogen) atoms. The smallest absolute Gasteiger partial charge is 0.0718 e. The van der Waals surface area contributed by atoms with Gasteiger partial charge in [-0.3, -0.25) is 14.8 Å². The molecule has 1 spiro atoms. The fourth-order valence-electron chi connectivity index (χ4n) is 4.26. The Kier molecular flexibility index (Phi) is 5.17. The van der Waals surface area contributed by atoms with Crippen molar-refractivity contribution in [1.82, 2.24) is 14.8 Å². The third-order valence-electron chi connectivity index (χ3n) is 5.72. The summed E-state index contributed by atoms with van der Waals surface area (Å²) in [6.07, 6.45) is 6.18. The minimum atomic E-state index is 0.375. The topological polar surface area (TPSA) is 28.6 Å². The minimum Gasteiger partial charge on any atom is -0.376 e. The van der Waals surface area contributed by atoms with Crippen LogP contribution in [0.5, 0.6) is 0 Å². The Balaban J connectivity index is 1.26. The number of likely N-dealkylation sites (tertiary alicyclic amines) is 2. The lowest BCUT2D eigenvalue weighted by atomic mass is 9.75. The first-order valence-electron chi connectivity index (χ1n) is 9.16. The number of aromatic nitrogens is 1. The molecule has 2 aliphatic rings. The Bertz CT molecular complexity index is 655. The summed E-state index contributed by atoms with van der Waals surface area (Å²) in [5.41, 5.74) is 1.59. The highest BCUT2D eigenvalue weighted by Crippen LogP contribution is 2.39. The zero-order valence-corrected chi connectivity index (χ0v) is 15.8. The van der Waals surface area contributed by atoms with Gasteiger partial charge in [0.15, 0.2) is 0 Å². The zero-order valence-electron chi connectivity index (χ0n) is 14.9. The molecule has 5 heteroatoms. The van der Waals surface area contributed by atoms with Gasteiger partial charge in [0.25, 0.3) is 0 Å². The molecule has 0 N–H and O–H groups in total. The van der Waals surface area contributed by atoms with Gasteiger partial charge in [-0.25, -0.2) is 0 Å². The molecule has 0 bridgehead atoms. The van der Waals surface area contributed by atoms with E-state index in [2.05, 4.69) is 39.3 Å². The third kappa shape index (κ3) is 3.95. The van der Waals surface area contributed by atoms with E-state index in [-0.39, 0.29) is 0 Å². The molecular weight excluding hydrogens is 330 g/mol. The molecule has 0 aliphatic carbocycles. The van der Waals surface area contributed by atoms with Gasteiger partial charge < -0.3 is 4.74 Å². The Morgan fingerprint density at radius 3 is 2.88 bits per heavy atom. The summed E-state index contributed by atoms with van der Waals surface area (Å²) in [6, 6.07) is 8.46. The van der Waals surface area contributed by atoms with Gasteiger partial charge in [-0.2, -0.15) is 0 Å². The summed E-state index contributed by atoms with van der Waals surface area (Å²) in [4.78, 5) is 10.7. The van der Waals surface area contributed by atoms with Crippen molar-refractivity contribution in [2.75, 3.05) is 33.3 Å². The van der Waals surface area contributed by atoms with Crippen LogP contribution in [-0.4, -0.2) is 53.6 Å². The van der Waals surface area contributed by atoms with E-state index in [0.717, 1.165) is 13.2 Å². The van der Waals surface area contributed by atoms with Crippen molar-refractivity contribution < 1.29 is 4.74 Å². The SMILES string of the molecule is CN1CC[C@@H](COCc2ccncc2)CC12CN(Cc1cccs1)C2. The van der Waals surface area contributed by atoms with Gasteiger partial charge in [-0.1, -0.05) is 6.07 Å². The van der Waals surface area contributed by atoms with Gasteiger partial charge in [0.2, 0.25) is 0 Å². The van der Waals surface area contributed by atoms with Crippen molar-refractivity contribution in [2.24, 2.45) is 5.92 Å². The van der Waals surface area contributed by atoms with E-state index in [1.54, 1.807) is 0 Å².